The van der Waals surface area contributed by atoms with Crippen LogP contribution in [0.4, 0.5) is 19.0 Å². The fourth-order valence-electron chi connectivity index (χ4n) is 1.62. The van der Waals surface area contributed by atoms with Crippen molar-refractivity contribution in [3.8, 4) is 0 Å². The summed E-state index contributed by atoms with van der Waals surface area (Å²) in [6.07, 6.45) is -2.66. The van der Waals surface area contributed by atoms with Gasteiger partial charge in [-0.1, -0.05) is 6.07 Å². The van der Waals surface area contributed by atoms with Gasteiger partial charge in [0.25, 0.3) is 0 Å². The van der Waals surface area contributed by atoms with Crippen LogP contribution in [0.3, 0.4) is 0 Å². The Morgan fingerprint density at radius 2 is 2.00 bits per heavy atom. The summed E-state index contributed by atoms with van der Waals surface area (Å²) in [6, 6.07) is 2.86. The zero-order chi connectivity index (χ0) is 11.1. The molecule has 82 valence electrons. The minimum Gasteiger partial charge on any atom is -0.308 e. The highest BCUT2D eigenvalue weighted by Crippen LogP contribution is 2.58. The molecule has 1 heterocycles. The fraction of sp³-hybridized carbons (Fsp3) is 0.444. The third-order valence-electron chi connectivity index (χ3n) is 2.76. The highest BCUT2D eigenvalue weighted by molar-refractivity contribution is 5.39. The average Bonchev–Trinajstić information content (AvgIpc) is 2.98. The van der Waals surface area contributed by atoms with Crippen LogP contribution in [-0.4, -0.2) is 11.2 Å². The van der Waals surface area contributed by atoms with Crippen LogP contribution in [0.5, 0.6) is 0 Å². The largest absolute Gasteiger partial charge is 0.398 e. The lowest BCUT2D eigenvalue weighted by Crippen LogP contribution is -2.28. The van der Waals surface area contributed by atoms with E-state index in [9.17, 15) is 13.2 Å². The van der Waals surface area contributed by atoms with Gasteiger partial charge < -0.3 is 5.43 Å². The van der Waals surface area contributed by atoms with Gasteiger partial charge in [-0.2, -0.15) is 13.2 Å². The van der Waals surface area contributed by atoms with Crippen LogP contribution in [0.2, 0.25) is 0 Å². The molecular weight excluding hydrogens is 207 g/mol. The summed E-state index contributed by atoms with van der Waals surface area (Å²) in [4.78, 5) is 3.78. The van der Waals surface area contributed by atoms with Gasteiger partial charge in [0, 0.05) is 6.20 Å². The van der Waals surface area contributed by atoms with Gasteiger partial charge in [0.1, 0.15) is 5.82 Å². The summed E-state index contributed by atoms with van der Waals surface area (Å²) < 4.78 is 38.1. The van der Waals surface area contributed by atoms with E-state index in [0.29, 0.717) is 5.82 Å². The van der Waals surface area contributed by atoms with Gasteiger partial charge in [0.15, 0.2) is 0 Å². The van der Waals surface area contributed by atoms with Crippen molar-refractivity contribution in [1.82, 2.24) is 4.98 Å². The van der Waals surface area contributed by atoms with Crippen molar-refractivity contribution < 1.29 is 13.2 Å². The molecule has 3 N–H and O–H groups in total. The van der Waals surface area contributed by atoms with Crippen LogP contribution < -0.4 is 11.3 Å². The van der Waals surface area contributed by atoms with Gasteiger partial charge >= 0.3 is 6.18 Å². The molecule has 1 fully saturated rings. The first-order valence-electron chi connectivity index (χ1n) is 4.49. The van der Waals surface area contributed by atoms with Crippen molar-refractivity contribution in [2.75, 3.05) is 5.43 Å². The molecule has 1 aromatic rings. The highest BCUT2D eigenvalue weighted by atomic mass is 19.4. The zero-order valence-electron chi connectivity index (χ0n) is 7.80. The zero-order valence-corrected chi connectivity index (χ0v) is 7.80. The Morgan fingerprint density at radius 1 is 1.33 bits per heavy atom. The molecule has 0 aromatic carbocycles. The molecule has 1 aliphatic rings. The summed E-state index contributed by atoms with van der Waals surface area (Å²) in [5.74, 6) is 5.43. The first-order chi connectivity index (χ1) is 6.99. The number of nitrogens with zero attached hydrogens (tertiary/aromatic N) is 1. The summed E-state index contributed by atoms with van der Waals surface area (Å²) in [6.45, 7) is 0. The van der Waals surface area contributed by atoms with Crippen LogP contribution in [-0.2, 0) is 5.41 Å². The normalized spacial score (nSPS) is 18.7. The molecule has 0 unspecified atom stereocenters. The average molecular weight is 217 g/mol. The maximum Gasteiger partial charge on any atom is 0.398 e. The van der Waals surface area contributed by atoms with Gasteiger partial charge in [-0.05, 0) is 24.5 Å². The Kier molecular flexibility index (Phi) is 2.11. The molecule has 0 saturated heterocycles. The van der Waals surface area contributed by atoms with E-state index < -0.39 is 11.6 Å². The minimum atomic E-state index is -4.19. The Morgan fingerprint density at radius 3 is 2.33 bits per heavy atom. The second kappa shape index (κ2) is 3.10. The molecule has 15 heavy (non-hydrogen) atoms. The van der Waals surface area contributed by atoms with Crippen LogP contribution >= 0.6 is 0 Å². The molecule has 2 rings (SSSR count). The van der Waals surface area contributed by atoms with Crippen LogP contribution in [0, 0.1) is 0 Å². The number of aromatic nitrogens is 1. The number of hydrazine groups is 1. The molecule has 0 amide bonds. The topological polar surface area (TPSA) is 50.9 Å². The van der Waals surface area contributed by atoms with E-state index in [1.54, 1.807) is 0 Å². The number of nitrogen functional groups attached to an aromatic ring is 1. The highest BCUT2D eigenvalue weighted by Gasteiger charge is 2.64. The molecular formula is C9H10F3N3. The summed E-state index contributed by atoms with van der Waals surface area (Å²) >= 11 is 0. The Hall–Kier alpha value is -1.30. The maximum atomic E-state index is 12.7. The van der Waals surface area contributed by atoms with Gasteiger partial charge in [-0.25, -0.2) is 10.8 Å². The Balaban J connectivity index is 2.30. The van der Waals surface area contributed by atoms with Gasteiger partial charge in [0.05, 0.1) is 5.41 Å². The lowest BCUT2D eigenvalue weighted by molar-refractivity contribution is -0.160. The van der Waals surface area contributed by atoms with E-state index >= 15 is 0 Å². The summed E-state index contributed by atoms with van der Waals surface area (Å²) in [5.41, 5.74) is 0.829. The molecule has 0 bridgehead atoms. The molecule has 1 aromatic heterocycles. The second-order valence-corrected chi connectivity index (χ2v) is 3.66. The number of halogens is 3. The van der Waals surface area contributed by atoms with E-state index in [1.165, 1.54) is 18.3 Å². The number of hydrogen-bond acceptors (Lipinski definition) is 3. The van der Waals surface area contributed by atoms with Crippen LogP contribution in [0.1, 0.15) is 18.4 Å². The van der Waals surface area contributed by atoms with E-state index in [0.717, 1.165) is 0 Å². The minimum absolute atomic E-state index is 0.146. The molecule has 0 aliphatic heterocycles. The number of rotatable bonds is 2. The number of hydrogen-bond donors (Lipinski definition) is 2. The quantitative estimate of drug-likeness (QED) is 0.588. The molecule has 3 nitrogen and oxygen atoms in total. The molecule has 1 saturated carbocycles. The van der Waals surface area contributed by atoms with Crippen molar-refractivity contribution in [2.45, 2.75) is 24.4 Å². The number of nitrogens with two attached hydrogens (primary N) is 1. The van der Waals surface area contributed by atoms with Gasteiger partial charge in [-0.15, -0.1) is 0 Å². The number of nitrogens with one attached hydrogen (secondary N) is 1. The number of anilines is 1. The van der Waals surface area contributed by atoms with Gasteiger partial charge in [0.2, 0.25) is 0 Å². The monoisotopic (exact) mass is 217 g/mol. The summed E-state index contributed by atoms with van der Waals surface area (Å²) in [5, 5.41) is 0. The van der Waals surface area contributed by atoms with Crippen molar-refractivity contribution in [3.05, 3.63) is 23.9 Å². The van der Waals surface area contributed by atoms with Crippen molar-refractivity contribution in [2.24, 2.45) is 5.84 Å². The smallest absolute Gasteiger partial charge is 0.308 e. The Labute approximate surface area is 84.5 Å². The van der Waals surface area contributed by atoms with Crippen molar-refractivity contribution in [3.63, 3.8) is 0 Å². The molecule has 6 heteroatoms. The third kappa shape index (κ3) is 1.54. The molecule has 0 atom stereocenters. The predicted octanol–water partition coefficient (Wildman–Crippen LogP) is 1.96. The van der Waals surface area contributed by atoms with Crippen LogP contribution in [0.25, 0.3) is 0 Å². The first-order valence-corrected chi connectivity index (χ1v) is 4.49. The fourth-order valence-corrected chi connectivity index (χ4v) is 1.62. The van der Waals surface area contributed by atoms with E-state index in [-0.39, 0.29) is 18.4 Å². The molecule has 0 spiro atoms. The van der Waals surface area contributed by atoms with Gasteiger partial charge in [-0.3, -0.25) is 0 Å². The molecule has 1 aliphatic carbocycles. The van der Waals surface area contributed by atoms with E-state index in [2.05, 4.69) is 10.4 Å². The maximum absolute atomic E-state index is 12.7. The standard InChI is InChI=1S/C9H10F3N3/c10-9(11,12)8(3-4-8)6-1-2-7(15-13)14-5-6/h1-2,5H,3-4,13H2,(H,14,15). The second-order valence-electron chi connectivity index (χ2n) is 3.66. The van der Waals surface area contributed by atoms with E-state index in [4.69, 9.17) is 5.84 Å². The van der Waals surface area contributed by atoms with Crippen LogP contribution in [0.15, 0.2) is 18.3 Å². The Bertz CT molecular complexity index is 354. The number of alkyl halides is 3. The SMILES string of the molecule is NNc1ccc(C2(C(F)(F)F)CC2)cn1. The summed E-state index contributed by atoms with van der Waals surface area (Å²) in [7, 11) is 0. The first kappa shape index (κ1) is 10.2. The predicted molar refractivity (Wildman–Crippen MR) is 49.0 cm³/mol. The van der Waals surface area contributed by atoms with E-state index in [1.807, 2.05) is 0 Å². The lowest BCUT2D eigenvalue weighted by atomic mass is 9.97. The van der Waals surface area contributed by atoms with Crippen molar-refractivity contribution >= 4 is 5.82 Å². The number of pyridine rings is 1. The molecule has 0 radical (unpaired) electrons. The van der Waals surface area contributed by atoms with Crippen molar-refractivity contribution in [1.29, 1.82) is 0 Å². The third-order valence-corrected chi connectivity index (χ3v) is 2.76. The lowest BCUT2D eigenvalue weighted by Gasteiger charge is -2.19.